The molecule has 0 amide bonds. The predicted molar refractivity (Wildman–Crippen MR) is 71.3 cm³/mol. The fourth-order valence-electron chi connectivity index (χ4n) is 2.13. The Morgan fingerprint density at radius 2 is 2.30 bits per heavy atom. The standard InChI is InChI=1S/C13H15ClF2N2O2/c1-2-20-13(19)9-6-17-11(14)5-10(9)18-8-3-7(4-8)12(15)16/h5-8,12H,2-4H2,1H3,(H,17,18). The van der Waals surface area contributed by atoms with Crippen LogP contribution in [0.2, 0.25) is 5.15 Å². The summed E-state index contributed by atoms with van der Waals surface area (Å²) in [4.78, 5) is 15.6. The molecule has 2 rings (SSSR count). The monoisotopic (exact) mass is 304 g/mol. The van der Waals surface area contributed by atoms with E-state index in [4.69, 9.17) is 16.3 Å². The van der Waals surface area contributed by atoms with Crippen molar-refractivity contribution in [3.8, 4) is 0 Å². The third-order valence-electron chi connectivity index (χ3n) is 3.26. The van der Waals surface area contributed by atoms with Crippen molar-refractivity contribution in [1.29, 1.82) is 0 Å². The van der Waals surface area contributed by atoms with Crippen LogP contribution >= 0.6 is 11.6 Å². The molecule has 0 bridgehead atoms. The molecule has 0 saturated heterocycles. The molecule has 7 heteroatoms. The first-order valence-electron chi connectivity index (χ1n) is 6.38. The molecule has 0 aliphatic heterocycles. The number of ether oxygens (including phenoxy) is 1. The van der Waals surface area contributed by atoms with Crippen molar-refractivity contribution in [3.63, 3.8) is 0 Å². The number of hydrogen-bond acceptors (Lipinski definition) is 4. The van der Waals surface area contributed by atoms with E-state index in [2.05, 4.69) is 10.3 Å². The summed E-state index contributed by atoms with van der Waals surface area (Å²) in [6, 6.07) is 1.42. The summed E-state index contributed by atoms with van der Waals surface area (Å²) in [6.07, 6.45) is -0.218. The number of aromatic nitrogens is 1. The van der Waals surface area contributed by atoms with E-state index in [1.54, 1.807) is 6.92 Å². The minimum atomic E-state index is -2.29. The first kappa shape index (κ1) is 15.0. The van der Waals surface area contributed by atoms with E-state index in [0.717, 1.165) is 0 Å². The zero-order valence-corrected chi connectivity index (χ0v) is 11.7. The van der Waals surface area contributed by atoms with Crippen LogP contribution in [0.4, 0.5) is 14.5 Å². The van der Waals surface area contributed by atoms with E-state index < -0.39 is 18.3 Å². The fourth-order valence-corrected chi connectivity index (χ4v) is 2.28. The molecule has 0 spiro atoms. The number of halogens is 3. The van der Waals surface area contributed by atoms with Gasteiger partial charge >= 0.3 is 5.97 Å². The smallest absolute Gasteiger partial charge is 0.341 e. The zero-order chi connectivity index (χ0) is 14.7. The Morgan fingerprint density at radius 3 is 2.90 bits per heavy atom. The van der Waals surface area contributed by atoms with Gasteiger partial charge in [-0.15, -0.1) is 0 Å². The number of anilines is 1. The van der Waals surface area contributed by atoms with Crippen LogP contribution in [0.5, 0.6) is 0 Å². The highest BCUT2D eigenvalue weighted by molar-refractivity contribution is 6.29. The molecular weight excluding hydrogens is 290 g/mol. The normalized spacial score (nSPS) is 21.4. The largest absolute Gasteiger partial charge is 0.462 e. The van der Waals surface area contributed by atoms with E-state index in [0.29, 0.717) is 18.5 Å². The summed E-state index contributed by atoms with van der Waals surface area (Å²) in [6.45, 7) is 1.95. The third-order valence-corrected chi connectivity index (χ3v) is 3.46. The first-order chi connectivity index (χ1) is 9.51. The SMILES string of the molecule is CCOC(=O)c1cnc(Cl)cc1NC1CC(C(F)F)C1. The Bertz CT molecular complexity index is 493. The number of esters is 1. The van der Waals surface area contributed by atoms with Gasteiger partial charge in [0.15, 0.2) is 0 Å². The Labute approximate surface area is 120 Å². The molecule has 1 fully saturated rings. The summed E-state index contributed by atoms with van der Waals surface area (Å²) >= 11 is 5.80. The van der Waals surface area contributed by atoms with Crippen molar-refractivity contribution >= 4 is 23.3 Å². The van der Waals surface area contributed by atoms with Gasteiger partial charge in [-0.3, -0.25) is 0 Å². The van der Waals surface area contributed by atoms with Crippen molar-refractivity contribution in [2.45, 2.75) is 32.2 Å². The molecule has 1 aliphatic rings. The molecule has 1 N–H and O–H groups in total. The second kappa shape index (κ2) is 6.35. The molecule has 1 aliphatic carbocycles. The topological polar surface area (TPSA) is 51.2 Å². The van der Waals surface area contributed by atoms with Crippen LogP contribution < -0.4 is 5.32 Å². The lowest BCUT2D eigenvalue weighted by molar-refractivity contribution is 0.0280. The van der Waals surface area contributed by atoms with Gasteiger partial charge in [0.2, 0.25) is 6.43 Å². The maximum atomic E-state index is 12.4. The van der Waals surface area contributed by atoms with Gasteiger partial charge in [0.05, 0.1) is 12.3 Å². The lowest BCUT2D eigenvalue weighted by Crippen LogP contribution is -2.39. The van der Waals surface area contributed by atoms with E-state index in [1.165, 1.54) is 12.3 Å². The summed E-state index contributed by atoms with van der Waals surface area (Å²) in [5, 5.41) is 3.28. The van der Waals surface area contributed by atoms with Crippen LogP contribution in [0, 0.1) is 5.92 Å². The molecule has 0 aromatic carbocycles. The van der Waals surface area contributed by atoms with E-state index in [9.17, 15) is 13.6 Å². The molecule has 110 valence electrons. The lowest BCUT2D eigenvalue weighted by Gasteiger charge is -2.36. The van der Waals surface area contributed by atoms with E-state index in [-0.39, 0.29) is 23.4 Å². The van der Waals surface area contributed by atoms with Gasteiger partial charge in [-0.05, 0) is 25.8 Å². The van der Waals surface area contributed by atoms with Gasteiger partial charge < -0.3 is 10.1 Å². The van der Waals surface area contributed by atoms with Crippen LogP contribution in [0.1, 0.15) is 30.1 Å². The van der Waals surface area contributed by atoms with Crippen LogP contribution in [0.15, 0.2) is 12.3 Å². The Morgan fingerprint density at radius 1 is 1.60 bits per heavy atom. The minimum Gasteiger partial charge on any atom is -0.462 e. The number of alkyl halides is 2. The van der Waals surface area contributed by atoms with Gasteiger partial charge in [0.1, 0.15) is 10.7 Å². The fraction of sp³-hybridized carbons (Fsp3) is 0.538. The average Bonchev–Trinajstić information content (AvgIpc) is 2.33. The van der Waals surface area contributed by atoms with Crippen molar-refractivity contribution in [2.75, 3.05) is 11.9 Å². The Hall–Kier alpha value is -1.43. The Balaban J connectivity index is 2.07. The average molecular weight is 305 g/mol. The molecule has 1 saturated carbocycles. The molecule has 1 aromatic rings. The number of nitrogens with zero attached hydrogens (tertiary/aromatic N) is 1. The number of nitrogens with one attached hydrogen (secondary N) is 1. The summed E-state index contributed by atoms with van der Waals surface area (Å²) in [7, 11) is 0. The van der Waals surface area contributed by atoms with Crippen molar-refractivity contribution in [1.82, 2.24) is 4.98 Å². The molecule has 1 aromatic heterocycles. The molecule has 4 nitrogen and oxygen atoms in total. The molecule has 0 radical (unpaired) electrons. The quantitative estimate of drug-likeness (QED) is 0.669. The molecular formula is C13H15ClF2N2O2. The number of carbonyl (C=O) groups excluding carboxylic acids is 1. The van der Waals surface area contributed by atoms with Crippen molar-refractivity contribution < 1.29 is 18.3 Å². The molecule has 0 unspecified atom stereocenters. The maximum Gasteiger partial charge on any atom is 0.341 e. The van der Waals surface area contributed by atoms with Gasteiger partial charge in [-0.2, -0.15) is 0 Å². The zero-order valence-electron chi connectivity index (χ0n) is 10.9. The van der Waals surface area contributed by atoms with Gasteiger partial charge in [-0.1, -0.05) is 11.6 Å². The molecule has 20 heavy (non-hydrogen) atoms. The van der Waals surface area contributed by atoms with Crippen LogP contribution in [-0.4, -0.2) is 30.0 Å². The van der Waals surface area contributed by atoms with Crippen LogP contribution in [0.3, 0.4) is 0 Å². The third kappa shape index (κ3) is 3.36. The van der Waals surface area contributed by atoms with E-state index >= 15 is 0 Å². The van der Waals surface area contributed by atoms with Gasteiger partial charge in [-0.25, -0.2) is 18.6 Å². The second-order valence-corrected chi connectivity index (χ2v) is 5.07. The first-order valence-corrected chi connectivity index (χ1v) is 6.76. The highest BCUT2D eigenvalue weighted by Crippen LogP contribution is 2.35. The van der Waals surface area contributed by atoms with E-state index in [1.807, 2.05) is 0 Å². The second-order valence-electron chi connectivity index (χ2n) is 4.68. The van der Waals surface area contributed by atoms with Crippen molar-refractivity contribution in [2.24, 2.45) is 5.92 Å². The molecule has 1 heterocycles. The van der Waals surface area contributed by atoms with Crippen LogP contribution in [-0.2, 0) is 4.74 Å². The van der Waals surface area contributed by atoms with Gasteiger partial charge in [0, 0.05) is 18.2 Å². The summed E-state index contributed by atoms with van der Waals surface area (Å²) in [5.74, 6) is -1.08. The molecule has 0 atom stereocenters. The highest BCUT2D eigenvalue weighted by Gasteiger charge is 2.36. The number of hydrogen-bond donors (Lipinski definition) is 1. The number of carbonyl (C=O) groups is 1. The van der Waals surface area contributed by atoms with Crippen molar-refractivity contribution in [3.05, 3.63) is 23.0 Å². The Kier molecular flexibility index (Phi) is 4.75. The summed E-state index contributed by atoms with van der Waals surface area (Å²) in [5.41, 5.74) is 0.734. The number of pyridine rings is 1. The predicted octanol–water partition coefficient (Wildman–Crippen LogP) is 3.37. The van der Waals surface area contributed by atoms with Crippen LogP contribution in [0.25, 0.3) is 0 Å². The number of rotatable bonds is 5. The minimum absolute atomic E-state index is 0.0827. The highest BCUT2D eigenvalue weighted by atomic mass is 35.5. The van der Waals surface area contributed by atoms with Gasteiger partial charge in [0.25, 0.3) is 0 Å². The maximum absolute atomic E-state index is 12.4. The lowest BCUT2D eigenvalue weighted by atomic mass is 9.80. The summed E-state index contributed by atoms with van der Waals surface area (Å²) < 4.78 is 29.8.